The molecule has 0 saturated carbocycles. The Morgan fingerprint density at radius 3 is 2.74 bits per heavy atom. The second-order valence-electron chi connectivity index (χ2n) is 5.15. The predicted molar refractivity (Wildman–Crippen MR) is 83.6 cm³/mol. The lowest BCUT2D eigenvalue weighted by Crippen LogP contribution is -2.27. The van der Waals surface area contributed by atoms with Crippen molar-refractivity contribution in [2.75, 3.05) is 11.9 Å². The first kappa shape index (κ1) is 16.8. The number of hydroxylamine groups is 1. The van der Waals surface area contributed by atoms with Crippen LogP contribution in [0.4, 0.5) is 5.82 Å². The van der Waals surface area contributed by atoms with Gasteiger partial charge in [0.25, 0.3) is 5.91 Å². The summed E-state index contributed by atoms with van der Waals surface area (Å²) in [5, 5.41) is 20.4. The van der Waals surface area contributed by atoms with Gasteiger partial charge < -0.3 is 10.4 Å². The van der Waals surface area contributed by atoms with Gasteiger partial charge >= 0.3 is 5.97 Å². The minimum Gasteiger partial charge on any atom is -0.481 e. The number of anilines is 1. The molecule has 8 heteroatoms. The van der Waals surface area contributed by atoms with Crippen molar-refractivity contribution < 1.29 is 19.9 Å². The van der Waals surface area contributed by atoms with E-state index < -0.39 is 11.9 Å². The smallest absolute Gasteiger partial charge is 0.303 e. The largest absolute Gasteiger partial charge is 0.481 e. The maximum absolute atomic E-state index is 11.3. The van der Waals surface area contributed by atoms with Crippen LogP contribution in [-0.2, 0) is 22.4 Å². The van der Waals surface area contributed by atoms with E-state index in [2.05, 4.69) is 17.2 Å². The van der Waals surface area contributed by atoms with Crippen LogP contribution in [0.3, 0.4) is 0 Å². The van der Waals surface area contributed by atoms with Crippen molar-refractivity contribution >= 4 is 23.3 Å². The first-order valence-corrected chi connectivity index (χ1v) is 7.44. The van der Waals surface area contributed by atoms with Crippen molar-refractivity contribution in [3.8, 4) is 0 Å². The average molecular weight is 320 g/mol. The van der Waals surface area contributed by atoms with Gasteiger partial charge in [0.2, 0.25) is 0 Å². The fourth-order valence-electron chi connectivity index (χ4n) is 2.44. The quantitative estimate of drug-likeness (QED) is 0.429. The molecule has 2 aromatic rings. The van der Waals surface area contributed by atoms with Crippen LogP contribution in [-0.4, -0.2) is 38.1 Å². The molecule has 0 aliphatic carbocycles. The van der Waals surface area contributed by atoms with E-state index in [4.69, 9.17) is 10.3 Å². The number of pyridine rings is 1. The van der Waals surface area contributed by atoms with Crippen molar-refractivity contribution in [2.24, 2.45) is 0 Å². The zero-order valence-corrected chi connectivity index (χ0v) is 12.9. The number of aromatic nitrogens is 2. The first-order valence-electron chi connectivity index (χ1n) is 7.44. The minimum absolute atomic E-state index is 0.0477. The Kier molecular flexibility index (Phi) is 5.53. The third-order valence-electron chi connectivity index (χ3n) is 3.42. The summed E-state index contributed by atoms with van der Waals surface area (Å²) in [7, 11) is 0. The lowest BCUT2D eigenvalue weighted by Gasteiger charge is -2.11. The molecule has 0 atom stereocenters. The monoisotopic (exact) mass is 320 g/mol. The SMILES string of the molecule is CCCc1cccc2nc(CCC(=O)O)c(NCC(=O)NO)n12. The minimum atomic E-state index is -0.908. The van der Waals surface area contributed by atoms with Crippen LogP contribution < -0.4 is 10.8 Å². The van der Waals surface area contributed by atoms with Crippen molar-refractivity contribution in [1.82, 2.24) is 14.9 Å². The van der Waals surface area contributed by atoms with Crippen molar-refractivity contribution in [1.29, 1.82) is 0 Å². The standard InChI is InChI=1S/C15H20N4O4/c1-2-4-10-5-3-6-12-17-11(7-8-14(21)22)15(19(10)12)16-9-13(20)18-23/h3,5-6,16,23H,2,4,7-9H2,1H3,(H,18,20)(H,21,22). The third kappa shape index (κ3) is 3.98. The van der Waals surface area contributed by atoms with Gasteiger partial charge in [-0.05, 0) is 18.6 Å². The molecule has 23 heavy (non-hydrogen) atoms. The Bertz CT molecular complexity index is 711. The highest BCUT2D eigenvalue weighted by molar-refractivity contribution is 5.79. The van der Waals surface area contributed by atoms with Crippen LogP contribution in [0, 0.1) is 0 Å². The Morgan fingerprint density at radius 1 is 1.30 bits per heavy atom. The predicted octanol–water partition coefficient (Wildman–Crippen LogP) is 1.22. The number of carbonyl (C=O) groups is 2. The summed E-state index contributed by atoms with van der Waals surface area (Å²) in [6.07, 6.45) is 1.98. The third-order valence-corrected chi connectivity index (χ3v) is 3.42. The van der Waals surface area contributed by atoms with E-state index >= 15 is 0 Å². The number of nitrogens with one attached hydrogen (secondary N) is 2. The van der Waals surface area contributed by atoms with E-state index in [0.29, 0.717) is 17.2 Å². The molecule has 2 rings (SSSR count). The Morgan fingerprint density at radius 2 is 2.09 bits per heavy atom. The van der Waals surface area contributed by atoms with Gasteiger partial charge in [-0.15, -0.1) is 0 Å². The summed E-state index contributed by atoms with van der Waals surface area (Å²) in [5.74, 6) is -0.902. The number of carbonyl (C=O) groups excluding carboxylic acids is 1. The van der Waals surface area contributed by atoms with Crippen molar-refractivity contribution in [3.05, 3.63) is 29.6 Å². The highest BCUT2D eigenvalue weighted by atomic mass is 16.5. The maximum Gasteiger partial charge on any atom is 0.303 e. The number of carboxylic acids is 1. The molecule has 0 aliphatic rings. The lowest BCUT2D eigenvalue weighted by molar-refractivity contribution is -0.137. The number of imidazole rings is 1. The summed E-state index contributed by atoms with van der Waals surface area (Å²) in [6.45, 7) is 1.93. The number of amides is 1. The van der Waals surface area contributed by atoms with Crippen molar-refractivity contribution in [3.63, 3.8) is 0 Å². The van der Waals surface area contributed by atoms with Gasteiger partial charge in [0.15, 0.2) is 0 Å². The molecule has 0 radical (unpaired) electrons. The molecule has 2 aromatic heterocycles. The summed E-state index contributed by atoms with van der Waals surface area (Å²) in [4.78, 5) is 26.6. The first-order chi connectivity index (χ1) is 11.1. The zero-order valence-electron chi connectivity index (χ0n) is 12.9. The second-order valence-corrected chi connectivity index (χ2v) is 5.15. The molecule has 0 spiro atoms. The topological polar surface area (TPSA) is 116 Å². The van der Waals surface area contributed by atoms with Crippen LogP contribution in [0.2, 0.25) is 0 Å². The highest BCUT2D eigenvalue weighted by Crippen LogP contribution is 2.22. The molecule has 1 amide bonds. The highest BCUT2D eigenvalue weighted by Gasteiger charge is 2.16. The molecule has 0 saturated heterocycles. The number of carboxylic acid groups (broad SMARTS) is 1. The van der Waals surface area contributed by atoms with E-state index in [0.717, 1.165) is 18.5 Å². The number of aliphatic carboxylic acids is 1. The molecule has 0 unspecified atom stereocenters. The number of nitrogens with zero attached hydrogens (tertiary/aromatic N) is 2. The zero-order chi connectivity index (χ0) is 16.8. The van der Waals surface area contributed by atoms with Crippen LogP contribution in [0.1, 0.15) is 31.2 Å². The molecule has 0 bridgehead atoms. The van der Waals surface area contributed by atoms with Gasteiger partial charge in [-0.1, -0.05) is 19.4 Å². The Labute approximate surface area is 133 Å². The molecule has 2 heterocycles. The van der Waals surface area contributed by atoms with E-state index in [1.807, 2.05) is 22.6 Å². The second kappa shape index (κ2) is 7.59. The van der Waals surface area contributed by atoms with E-state index in [-0.39, 0.29) is 19.4 Å². The average Bonchev–Trinajstić information content (AvgIpc) is 2.89. The van der Waals surface area contributed by atoms with E-state index in [9.17, 15) is 9.59 Å². The molecule has 4 N–H and O–H groups in total. The molecule has 0 fully saturated rings. The Balaban J connectivity index is 2.43. The number of aryl methyl sites for hydroxylation is 2. The van der Waals surface area contributed by atoms with E-state index in [1.165, 1.54) is 0 Å². The van der Waals surface area contributed by atoms with Crippen molar-refractivity contribution in [2.45, 2.75) is 32.6 Å². The van der Waals surface area contributed by atoms with Gasteiger partial charge in [-0.3, -0.25) is 19.2 Å². The van der Waals surface area contributed by atoms with E-state index in [1.54, 1.807) is 5.48 Å². The number of hydrogen-bond donors (Lipinski definition) is 4. The summed E-state index contributed by atoms with van der Waals surface area (Å²) >= 11 is 0. The van der Waals surface area contributed by atoms with Gasteiger partial charge in [0, 0.05) is 12.1 Å². The fraction of sp³-hybridized carbons (Fsp3) is 0.400. The molecule has 0 aromatic carbocycles. The van der Waals surface area contributed by atoms with Crippen LogP contribution >= 0.6 is 0 Å². The van der Waals surface area contributed by atoms with Gasteiger partial charge in [-0.2, -0.15) is 0 Å². The summed E-state index contributed by atoms with van der Waals surface area (Å²) in [6, 6.07) is 5.70. The van der Waals surface area contributed by atoms with Gasteiger partial charge in [0.05, 0.1) is 18.7 Å². The molecular formula is C15H20N4O4. The number of fused-ring (bicyclic) bond motifs is 1. The maximum atomic E-state index is 11.3. The van der Waals surface area contributed by atoms with Gasteiger partial charge in [-0.25, -0.2) is 10.5 Å². The number of hydrogen-bond acceptors (Lipinski definition) is 5. The van der Waals surface area contributed by atoms with Crippen LogP contribution in [0.5, 0.6) is 0 Å². The molecular weight excluding hydrogens is 300 g/mol. The summed E-state index contributed by atoms with van der Waals surface area (Å²) < 4.78 is 1.89. The fourth-order valence-corrected chi connectivity index (χ4v) is 2.44. The van der Waals surface area contributed by atoms with Gasteiger partial charge in [0.1, 0.15) is 11.5 Å². The van der Waals surface area contributed by atoms with Crippen LogP contribution in [0.25, 0.3) is 5.65 Å². The number of rotatable bonds is 8. The Hall–Kier alpha value is -2.61. The normalized spacial score (nSPS) is 10.7. The molecule has 0 aliphatic heterocycles. The molecule has 8 nitrogen and oxygen atoms in total. The molecule has 124 valence electrons. The summed E-state index contributed by atoms with van der Waals surface area (Å²) in [5.41, 5.74) is 3.86. The van der Waals surface area contributed by atoms with Crippen LogP contribution in [0.15, 0.2) is 18.2 Å². The lowest BCUT2D eigenvalue weighted by atomic mass is 10.2.